The Balaban J connectivity index is 2.44. The fourth-order valence-electron chi connectivity index (χ4n) is 2.62. The zero-order valence-corrected chi connectivity index (χ0v) is 15.9. The molecule has 3 amide bonds. The van der Waals surface area contributed by atoms with Crippen molar-refractivity contribution in [3.05, 3.63) is 41.1 Å². The van der Waals surface area contributed by atoms with Crippen molar-refractivity contribution in [2.24, 2.45) is 0 Å². The minimum Gasteiger partial charge on any atom is -0.459 e. The number of rotatable bonds is 5. The number of urea groups is 1. The summed E-state index contributed by atoms with van der Waals surface area (Å²) >= 11 is 5.51. The molecule has 140 valence electrons. The minimum atomic E-state index is -0.683. The van der Waals surface area contributed by atoms with Crippen molar-refractivity contribution in [2.75, 3.05) is 18.2 Å². The van der Waals surface area contributed by atoms with Gasteiger partial charge in [-0.05, 0) is 38.5 Å². The van der Waals surface area contributed by atoms with Crippen LogP contribution in [0.5, 0.6) is 0 Å². The smallest absolute Gasteiger partial charge is 0.338 e. The largest absolute Gasteiger partial charge is 0.459 e. The van der Waals surface area contributed by atoms with Crippen molar-refractivity contribution in [3.63, 3.8) is 0 Å². The van der Waals surface area contributed by atoms with Gasteiger partial charge >= 0.3 is 12.0 Å². The monoisotopic (exact) mass is 379 g/mol. The van der Waals surface area contributed by atoms with Crippen molar-refractivity contribution in [3.8, 4) is 0 Å². The molecule has 8 heteroatoms. The molecule has 2 N–H and O–H groups in total. The van der Waals surface area contributed by atoms with Gasteiger partial charge < -0.3 is 20.3 Å². The molecule has 1 heterocycles. The summed E-state index contributed by atoms with van der Waals surface area (Å²) in [4.78, 5) is 37.7. The van der Waals surface area contributed by atoms with Gasteiger partial charge in [-0.2, -0.15) is 0 Å². The van der Waals surface area contributed by atoms with Gasteiger partial charge in [0.25, 0.3) is 0 Å². The van der Waals surface area contributed by atoms with Crippen LogP contribution in [-0.4, -0.2) is 41.8 Å². The predicted octanol–water partition coefficient (Wildman–Crippen LogP) is 2.79. The van der Waals surface area contributed by atoms with E-state index in [1.54, 1.807) is 52.1 Å². The fraction of sp³-hybridized carbons (Fsp3) is 0.389. The molecule has 0 aromatic heterocycles. The topological polar surface area (TPSA) is 87.7 Å². The fourth-order valence-corrected chi connectivity index (χ4v) is 2.68. The Morgan fingerprint density at radius 2 is 2.08 bits per heavy atom. The number of hydrogen-bond acceptors (Lipinski definition) is 4. The van der Waals surface area contributed by atoms with Gasteiger partial charge in [0.05, 0.1) is 17.7 Å². The van der Waals surface area contributed by atoms with E-state index in [2.05, 4.69) is 10.6 Å². The van der Waals surface area contributed by atoms with Crippen LogP contribution >= 0.6 is 11.6 Å². The number of alkyl halides is 1. The van der Waals surface area contributed by atoms with E-state index >= 15 is 0 Å². The summed E-state index contributed by atoms with van der Waals surface area (Å²) in [6, 6.07) is 5.87. The quantitative estimate of drug-likeness (QED) is 0.608. The second kappa shape index (κ2) is 8.23. The van der Waals surface area contributed by atoms with Gasteiger partial charge in [-0.15, -0.1) is 11.6 Å². The van der Waals surface area contributed by atoms with Gasteiger partial charge in [-0.3, -0.25) is 4.79 Å². The standard InChI is InChI=1S/C18H22ClN3O4/c1-10(2)26-17(24)15-11(3)22(4)18(25)21-16(15)12-6-5-7-13(8-12)20-14(23)9-19/h5-8,10,16H,9H2,1-4H3,(H,20,23)(H,21,25). The van der Waals surface area contributed by atoms with E-state index in [1.165, 1.54) is 4.90 Å². The first kappa shape index (κ1) is 19.8. The average Bonchev–Trinajstić information content (AvgIpc) is 2.58. The maximum atomic E-state index is 12.6. The Hall–Kier alpha value is -2.54. The number of nitrogens with one attached hydrogen (secondary N) is 2. The van der Waals surface area contributed by atoms with Crippen LogP contribution in [0.25, 0.3) is 0 Å². The molecule has 0 spiro atoms. The number of ether oxygens (including phenoxy) is 1. The lowest BCUT2D eigenvalue weighted by molar-refractivity contribution is -0.143. The first-order valence-electron chi connectivity index (χ1n) is 8.16. The molecule has 0 saturated carbocycles. The first-order valence-corrected chi connectivity index (χ1v) is 8.69. The normalized spacial score (nSPS) is 17.2. The molecule has 2 rings (SSSR count). The maximum Gasteiger partial charge on any atom is 0.338 e. The van der Waals surface area contributed by atoms with Crippen LogP contribution in [0.2, 0.25) is 0 Å². The molecule has 1 aromatic carbocycles. The van der Waals surface area contributed by atoms with Crippen LogP contribution in [0.1, 0.15) is 32.4 Å². The third-order valence-electron chi connectivity index (χ3n) is 3.94. The Morgan fingerprint density at radius 3 is 2.69 bits per heavy atom. The highest BCUT2D eigenvalue weighted by Gasteiger charge is 2.35. The van der Waals surface area contributed by atoms with Crippen molar-refractivity contribution in [1.29, 1.82) is 0 Å². The average molecular weight is 380 g/mol. The third kappa shape index (κ3) is 4.35. The Bertz CT molecular complexity index is 761. The van der Waals surface area contributed by atoms with Crippen molar-refractivity contribution in [1.82, 2.24) is 10.2 Å². The third-order valence-corrected chi connectivity index (χ3v) is 4.18. The van der Waals surface area contributed by atoms with E-state index < -0.39 is 12.0 Å². The molecule has 1 aliphatic heterocycles. The SMILES string of the molecule is CC1=C(C(=O)OC(C)C)C(c2cccc(NC(=O)CCl)c2)NC(=O)N1C. The molecule has 0 fully saturated rings. The molecule has 1 aliphatic rings. The highest BCUT2D eigenvalue weighted by molar-refractivity contribution is 6.29. The van der Waals surface area contributed by atoms with Gasteiger partial charge in [0.15, 0.2) is 0 Å². The van der Waals surface area contributed by atoms with Crippen LogP contribution in [0.3, 0.4) is 0 Å². The zero-order valence-electron chi connectivity index (χ0n) is 15.1. The molecule has 26 heavy (non-hydrogen) atoms. The summed E-state index contributed by atoms with van der Waals surface area (Å²) in [5, 5.41) is 5.45. The van der Waals surface area contributed by atoms with Crippen LogP contribution < -0.4 is 10.6 Å². The number of carbonyl (C=O) groups is 3. The molecule has 0 saturated heterocycles. The van der Waals surface area contributed by atoms with Crippen molar-refractivity contribution in [2.45, 2.75) is 32.9 Å². The van der Waals surface area contributed by atoms with E-state index in [4.69, 9.17) is 16.3 Å². The highest BCUT2D eigenvalue weighted by Crippen LogP contribution is 2.32. The summed E-state index contributed by atoms with van der Waals surface area (Å²) in [6.07, 6.45) is -0.291. The maximum absolute atomic E-state index is 12.6. The van der Waals surface area contributed by atoms with Crippen LogP contribution in [0.4, 0.5) is 10.5 Å². The van der Waals surface area contributed by atoms with Crippen molar-refractivity contribution < 1.29 is 19.1 Å². The number of amides is 3. The molecule has 0 radical (unpaired) electrons. The molecule has 1 aromatic rings. The molecular weight excluding hydrogens is 358 g/mol. The second-order valence-electron chi connectivity index (χ2n) is 6.20. The predicted molar refractivity (Wildman–Crippen MR) is 98.8 cm³/mol. The number of allylic oxidation sites excluding steroid dienone is 1. The minimum absolute atomic E-state index is 0.167. The lowest BCUT2D eigenvalue weighted by Crippen LogP contribution is -2.46. The number of esters is 1. The number of hydrogen-bond donors (Lipinski definition) is 2. The van der Waals surface area contributed by atoms with Gasteiger partial charge in [-0.1, -0.05) is 12.1 Å². The molecular formula is C18H22ClN3O4. The van der Waals surface area contributed by atoms with Gasteiger partial charge in [0.2, 0.25) is 5.91 Å². The number of halogens is 1. The van der Waals surface area contributed by atoms with E-state index in [1.807, 2.05) is 0 Å². The summed E-state index contributed by atoms with van der Waals surface area (Å²) in [6.45, 7) is 5.22. The van der Waals surface area contributed by atoms with E-state index in [-0.39, 0.29) is 23.9 Å². The number of nitrogens with zero attached hydrogens (tertiary/aromatic N) is 1. The Morgan fingerprint density at radius 1 is 1.38 bits per heavy atom. The van der Waals surface area contributed by atoms with Crippen LogP contribution in [-0.2, 0) is 14.3 Å². The Kier molecular flexibility index (Phi) is 6.26. The summed E-state index contributed by atoms with van der Waals surface area (Å²) in [5.74, 6) is -1.01. The van der Waals surface area contributed by atoms with Gasteiger partial charge in [-0.25, -0.2) is 9.59 Å². The van der Waals surface area contributed by atoms with E-state index in [0.717, 1.165) is 0 Å². The molecule has 1 atom stereocenters. The first-order chi connectivity index (χ1) is 12.2. The van der Waals surface area contributed by atoms with Crippen LogP contribution in [0, 0.1) is 0 Å². The van der Waals surface area contributed by atoms with E-state index in [9.17, 15) is 14.4 Å². The Labute approximate surface area is 157 Å². The molecule has 7 nitrogen and oxygen atoms in total. The highest BCUT2D eigenvalue weighted by atomic mass is 35.5. The lowest BCUT2D eigenvalue weighted by Gasteiger charge is -2.33. The molecule has 0 bridgehead atoms. The van der Waals surface area contributed by atoms with Gasteiger partial charge in [0.1, 0.15) is 5.88 Å². The van der Waals surface area contributed by atoms with Gasteiger partial charge in [0, 0.05) is 18.4 Å². The number of benzene rings is 1. The summed E-state index contributed by atoms with van der Waals surface area (Å²) < 4.78 is 5.35. The number of anilines is 1. The van der Waals surface area contributed by atoms with Crippen molar-refractivity contribution >= 4 is 35.2 Å². The zero-order chi connectivity index (χ0) is 19.4. The summed E-state index contributed by atoms with van der Waals surface area (Å²) in [5.41, 5.74) is 2.03. The lowest BCUT2D eigenvalue weighted by atomic mass is 9.94. The van der Waals surface area contributed by atoms with Crippen LogP contribution in [0.15, 0.2) is 35.5 Å². The number of carbonyl (C=O) groups excluding carboxylic acids is 3. The molecule has 0 aliphatic carbocycles. The van der Waals surface area contributed by atoms with E-state index in [0.29, 0.717) is 22.5 Å². The summed E-state index contributed by atoms with van der Waals surface area (Å²) in [7, 11) is 1.58. The second-order valence-corrected chi connectivity index (χ2v) is 6.47. The molecule has 1 unspecified atom stereocenters.